The molecule has 1 aromatic rings. The summed E-state index contributed by atoms with van der Waals surface area (Å²) in [7, 11) is 0. The summed E-state index contributed by atoms with van der Waals surface area (Å²) in [4.78, 5) is 0. The van der Waals surface area contributed by atoms with E-state index in [-0.39, 0.29) is 0 Å². The van der Waals surface area contributed by atoms with Crippen LogP contribution in [0.25, 0.3) is 0 Å². The Kier molecular flexibility index (Phi) is 5.48. The van der Waals surface area contributed by atoms with Gasteiger partial charge in [0.05, 0.1) is 6.26 Å². The molecular formula is C13H23NO. The summed E-state index contributed by atoms with van der Waals surface area (Å²) in [6.45, 7) is 6.63. The van der Waals surface area contributed by atoms with Crippen LogP contribution in [-0.4, -0.2) is 12.1 Å². The van der Waals surface area contributed by atoms with Crippen molar-refractivity contribution in [2.75, 3.05) is 0 Å². The zero-order valence-corrected chi connectivity index (χ0v) is 10.1. The van der Waals surface area contributed by atoms with E-state index in [0.29, 0.717) is 12.1 Å². The highest BCUT2D eigenvalue weighted by atomic mass is 16.3. The maximum atomic E-state index is 5.39. The van der Waals surface area contributed by atoms with Gasteiger partial charge in [-0.05, 0) is 18.6 Å². The Morgan fingerprint density at radius 3 is 2.73 bits per heavy atom. The van der Waals surface area contributed by atoms with E-state index >= 15 is 0 Å². The molecule has 0 fully saturated rings. The van der Waals surface area contributed by atoms with E-state index in [1.165, 1.54) is 19.3 Å². The average Bonchev–Trinajstić information content (AvgIpc) is 2.66. The van der Waals surface area contributed by atoms with Crippen molar-refractivity contribution < 1.29 is 4.42 Å². The minimum Gasteiger partial charge on any atom is -0.469 e. The molecule has 0 aliphatic rings. The highest BCUT2D eigenvalue weighted by Crippen LogP contribution is 2.10. The average molecular weight is 209 g/mol. The molecule has 1 heterocycles. The van der Waals surface area contributed by atoms with Crippen molar-refractivity contribution in [3.8, 4) is 0 Å². The Hall–Kier alpha value is -0.760. The number of unbranched alkanes of at least 4 members (excludes halogenated alkanes) is 1. The Bertz CT molecular complexity index is 241. The van der Waals surface area contributed by atoms with E-state index in [2.05, 4.69) is 32.2 Å². The first kappa shape index (κ1) is 12.3. The van der Waals surface area contributed by atoms with Gasteiger partial charge in [-0.15, -0.1) is 0 Å². The van der Waals surface area contributed by atoms with Crippen molar-refractivity contribution in [1.82, 2.24) is 5.32 Å². The third kappa shape index (κ3) is 5.03. The van der Waals surface area contributed by atoms with Crippen molar-refractivity contribution >= 4 is 0 Å². The third-order valence-electron chi connectivity index (χ3n) is 2.50. The highest BCUT2D eigenvalue weighted by Gasteiger charge is 2.11. The number of nitrogens with one attached hydrogen (secondary N) is 1. The second kappa shape index (κ2) is 6.67. The van der Waals surface area contributed by atoms with Crippen LogP contribution in [0.15, 0.2) is 22.8 Å². The van der Waals surface area contributed by atoms with Crippen LogP contribution in [0.4, 0.5) is 0 Å². The van der Waals surface area contributed by atoms with Gasteiger partial charge in [0.15, 0.2) is 0 Å². The van der Waals surface area contributed by atoms with Gasteiger partial charge in [0.25, 0.3) is 0 Å². The van der Waals surface area contributed by atoms with Crippen molar-refractivity contribution in [3.63, 3.8) is 0 Å². The number of rotatable bonds is 7. The van der Waals surface area contributed by atoms with Crippen LogP contribution in [0, 0.1) is 0 Å². The molecule has 15 heavy (non-hydrogen) atoms. The Morgan fingerprint density at radius 1 is 1.40 bits per heavy atom. The molecule has 1 atom stereocenters. The minimum atomic E-state index is 0.543. The second-order valence-electron chi connectivity index (χ2n) is 4.44. The predicted octanol–water partition coefficient (Wildman–Crippen LogP) is 3.38. The van der Waals surface area contributed by atoms with Gasteiger partial charge in [0.1, 0.15) is 5.76 Å². The van der Waals surface area contributed by atoms with E-state index < -0.39 is 0 Å². The van der Waals surface area contributed by atoms with E-state index in [1.54, 1.807) is 6.26 Å². The first-order chi connectivity index (χ1) is 7.22. The molecule has 86 valence electrons. The van der Waals surface area contributed by atoms with Gasteiger partial charge >= 0.3 is 0 Å². The Labute approximate surface area is 93.1 Å². The molecule has 2 nitrogen and oxygen atoms in total. The molecular weight excluding hydrogens is 186 g/mol. The summed E-state index contributed by atoms with van der Waals surface area (Å²) in [6, 6.07) is 5.11. The fraction of sp³-hybridized carbons (Fsp3) is 0.692. The predicted molar refractivity (Wildman–Crippen MR) is 64.0 cm³/mol. The van der Waals surface area contributed by atoms with Gasteiger partial charge in [-0.3, -0.25) is 0 Å². The topological polar surface area (TPSA) is 25.2 Å². The number of furan rings is 1. The number of hydrogen-bond acceptors (Lipinski definition) is 2. The minimum absolute atomic E-state index is 0.543. The molecule has 1 rings (SSSR count). The zero-order chi connectivity index (χ0) is 11.1. The zero-order valence-electron chi connectivity index (χ0n) is 10.1. The Balaban J connectivity index is 2.41. The molecule has 1 unspecified atom stereocenters. The van der Waals surface area contributed by atoms with Crippen LogP contribution in [0.2, 0.25) is 0 Å². The molecule has 0 bridgehead atoms. The smallest absolute Gasteiger partial charge is 0.105 e. The first-order valence-corrected chi connectivity index (χ1v) is 6.00. The van der Waals surface area contributed by atoms with E-state index in [9.17, 15) is 0 Å². The molecule has 2 heteroatoms. The SMILES string of the molecule is CCCCC(Cc1ccco1)NC(C)C. The molecule has 0 saturated carbocycles. The lowest BCUT2D eigenvalue weighted by molar-refractivity contribution is 0.392. The van der Waals surface area contributed by atoms with Crippen LogP contribution in [0.1, 0.15) is 45.8 Å². The molecule has 0 amide bonds. The summed E-state index contributed by atoms with van der Waals surface area (Å²) in [5, 5.41) is 3.59. The normalized spacial score (nSPS) is 13.3. The lowest BCUT2D eigenvalue weighted by Gasteiger charge is -2.20. The monoisotopic (exact) mass is 209 g/mol. The van der Waals surface area contributed by atoms with Crippen molar-refractivity contribution in [1.29, 1.82) is 0 Å². The van der Waals surface area contributed by atoms with Crippen molar-refractivity contribution in [2.45, 2.75) is 58.5 Å². The quantitative estimate of drug-likeness (QED) is 0.744. The lowest BCUT2D eigenvalue weighted by Crippen LogP contribution is -2.36. The van der Waals surface area contributed by atoms with Gasteiger partial charge in [-0.1, -0.05) is 33.6 Å². The summed E-state index contributed by atoms with van der Waals surface area (Å²) in [5.41, 5.74) is 0. The summed E-state index contributed by atoms with van der Waals surface area (Å²) < 4.78 is 5.39. The van der Waals surface area contributed by atoms with Crippen LogP contribution in [-0.2, 0) is 6.42 Å². The van der Waals surface area contributed by atoms with Crippen LogP contribution < -0.4 is 5.32 Å². The molecule has 0 aliphatic heterocycles. The van der Waals surface area contributed by atoms with Gasteiger partial charge in [-0.2, -0.15) is 0 Å². The lowest BCUT2D eigenvalue weighted by atomic mass is 10.0. The molecule has 0 radical (unpaired) electrons. The standard InChI is InChI=1S/C13H23NO/c1-4-5-7-12(14-11(2)3)10-13-8-6-9-15-13/h6,8-9,11-12,14H,4-5,7,10H2,1-3H3. The molecule has 1 N–H and O–H groups in total. The second-order valence-corrected chi connectivity index (χ2v) is 4.44. The fourth-order valence-corrected chi connectivity index (χ4v) is 1.84. The van der Waals surface area contributed by atoms with Crippen molar-refractivity contribution in [2.24, 2.45) is 0 Å². The van der Waals surface area contributed by atoms with Gasteiger partial charge in [-0.25, -0.2) is 0 Å². The third-order valence-corrected chi connectivity index (χ3v) is 2.50. The summed E-state index contributed by atoms with van der Waals surface area (Å²) in [6.07, 6.45) is 6.53. The molecule has 1 aromatic heterocycles. The number of hydrogen-bond donors (Lipinski definition) is 1. The Morgan fingerprint density at radius 2 is 2.20 bits per heavy atom. The maximum Gasteiger partial charge on any atom is 0.105 e. The molecule has 0 spiro atoms. The van der Waals surface area contributed by atoms with Crippen LogP contribution in [0.3, 0.4) is 0 Å². The first-order valence-electron chi connectivity index (χ1n) is 6.00. The van der Waals surface area contributed by atoms with E-state index in [0.717, 1.165) is 12.2 Å². The van der Waals surface area contributed by atoms with Gasteiger partial charge in [0.2, 0.25) is 0 Å². The van der Waals surface area contributed by atoms with Gasteiger partial charge in [0, 0.05) is 18.5 Å². The molecule has 0 aliphatic carbocycles. The van der Waals surface area contributed by atoms with Crippen LogP contribution in [0.5, 0.6) is 0 Å². The van der Waals surface area contributed by atoms with E-state index in [4.69, 9.17) is 4.42 Å². The summed E-state index contributed by atoms with van der Waals surface area (Å²) in [5.74, 6) is 1.09. The van der Waals surface area contributed by atoms with Crippen LogP contribution >= 0.6 is 0 Å². The van der Waals surface area contributed by atoms with Gasteiger partial charge < -0.3 is 9.73 Å². The maximum absolute atomic E-state index is 5.39. The highest BCUT2D eigenvalue weighted by molar-refractivity contribution is 5.00. The molecule has 0 saturated heterocycles. The van der Waals surface area contributed by atoms with E-state index in [1.807, 2.05) is 6.07 Å². The fourth-order valence-electron chi connectivity index (χ4n) is 1.84. The van der Waals surface area contributed by atoms with Crippen molar-refractivity contribution in [3.05, 3.63) is 24.2 Å². The largest absolute Gasteiger partial charge is 0.469 e. The summed E-state index contributed by atoms with van der Waals surface area (Å²) >= 11 is 0. The molecule has 0 aromatic carbocycles.